The van der Waals surface area contributed by atoms with Crippen molar-refractivity contribution in [3.05, 3.63) is 72.1 Å². The summed E-state index contributed by atoms with van der Waals surface area (Å²) >= 11 is 0. The van der Waals surface area contributed by atoms with Crippen molar-refractivity contribution in [1.29, 1.82) is 0 Å². The summed E-state index contributed by atoms with van der Waals surface area (Å²) in [5.41, 5.74) is 4.39. The minimum atomic E-state index is -0.0598. The summed E-state index contributed by atoms with van der Waals surface area (Å²) in [6.45, 7) is 4.19. The van der Waals surface area contributed by atoms with Gasteiger partial charge in [-0.05, 0) is 36.7 Å². The Kier molecular flexibility index (Phi) is 4.14. The molecule has 27 heavy (non-hydrogen) atoms. The first-order valence-electron chi connectivity index (χ1n) is 9.28. The van der Waals surface area contributed by atoms with E-state index < -0.39 is 0 Å². The number of rotatable bonds is 3. The highest BCUT2D eigenvalue weighted by Gasteiger charge is 2.44. The van der Waals surface area contributed by atoms with Crippen LogP contribution < -0.4 is 0 Å². The predicted molar refractivity (Wildman–Crippen MR) is 101 cm³/mol. The number of hydrogen-bond acceptors (Lipinski definition) is 6. The third-order valence-electron chi connectivity index (χ3n) is 5.48. The summed E-state index contributed by atoms with van der Waals surface area (Å²) in [7, 11) is 0. The molecule has 0 radical (unpaired) electrons. The average Bonchev–Trinajstić information content (AvgIpc) is 3.12. The smallest absolute Gasteiger partial charge is 0.160 e. The van der Waals surface area contributed by atoms with Gasteiger partial charge in [0, 0.05) is 55.2 Å². The van der Waals surface area contributed by atoms with Crippen molar-refractivity contribution in [3.63, 3.8) is 0 Å². The lowest BCUT2D eigenvalue weighted by Crippen LogP contribution is -2.40. The van der Waals surface area contributed by atoms with Gasteiger partial charge in [0.05, 0.1) is 24.3 Å². The predicted octanol–water partition coefficient (Wildman–Crippen LogP) is 2.61. The Morgan fingerprint density at radius 3 is 2.78 bits per heavy atom. The number of hydrogen-bond donors (Lipinski definition) is 0. The monoisotopic (exact) mass is 359 g/mol. The van der Waals surface area contributed by atoms with Crippen molar-refractivity contribution in [2.75, 3.05) is 19.7 Å². The van der Waals surface area contributed by atoms with Gasteiger partial charge < -0.3 is 4.74 Å². The Labute approximate surface area is 158 Å². The first-order valence-corrected chi connectivity index (χ1v) is 9.28. The molecule has 1 saturated heterocycles. The number of aromatic nitrogens is 4. The van der Waals surface area contributed by atoms with Gasteiger partial charge in [-0.25, -0.2) is 9.97 Å². The fourth-order valence-electron chi connectivity index (χ4n) is 4.18. The van der Waals surface area contributed by atoms with Crippen molar-refractivity contribution >= 4 is 0 Å². The molecular weight excluding hydrogens is 338 g/mol. The van der Waals surface area contributed by atoms with E-state index in [-0.39, 0.29) is 5.41 Å². The quantitative estimate of drug-likeness (QED) is 0.716. The van der Waals surface area contributed by atoms with Crippen LogP contribution in [0.5, 0.6) is 0 Å². The molecule has 0 bridgehead atoms. The lowest BCUT2D eigenvalue weighted by molar-refractivity contribution is 0.0503. The molecule has 0 N–H and O–H groups in total. The number of pyridine rings is 2. The summed E-state index contributed by atoms with van der Waals surface area (Å²) in [6, 6.07) is 8.05. The first-order chi connectivity index (χ1) is 13.3. The second-order valence-corrected chi connectivity index (χ2v) is 7.40. The Bertz CT molecular complexity index is 934. The molecule has 1 unspecified atom stereocenters. The molecule has 5 rings (SSSR count). The number of fused-ring (bicyclic) bond motifs is 2. The maximum atomic E-state index is 5.95. The first kappa shape index (κ1) is 16.5. The van der Waals surface area contributed by atoms with Crippen LogP contribution >= 0.6 is 0 Å². The second-order valence-electron chi connectivity index (χ2n) is 7.40. The van der Waals surface area contributed by atoms with E-state index in [1.165, 1.54) is 5.56 Å². The average molecular weight is 359 g/mol. The minimum Gasteiger partial charge on any atom is -0.376 e. The number of likely N-dealkylation sites (tertiary alicyclic amines) is 1. The molecule has 0 saturated carbocycles. The van der Waals surface area contributed by atoms with Gasteiger partial charge in [0.1, 0.15) is 0 Å². The molecule has 1 atom stereocenters. The molecule has 1 spiro atoms. The standard InChI is InChI=1S/C21H21N5O/c1-3-16(9-22-6-1)12-26-8-5-21(14-26)15-27-13-18-11-24-20(25-19(18)21)17-4-2-7-23-10-17/h1-4,6-7,9-11H,5,8,12-15H2. The molecule has 6 nitrogen and oxygen atoms in total. The molecule has 0 amide bonds. The highest BCUT2D eigenvalue weighted by atomic mass is 16.5. The summed E-state index contributed by atoms with van der Waals surface area (Å²) in [6.07, 6.45) is 10.3. The van der Waals surface area contributed by atoms with Gasteiger partial charge in [-0.1, -0.05) is 6.07 Å². The van der Waals surface area contributed by atoms with Crippen molar-refractivity contribution in [3.8, 4) is 11.4 Å². The van der Waals surface area contributed by atoms with Gasteiger partial charge in [0.25, 0.3) is 0 Å². The van der Waals surface area contributed by atoms with Crippen LogP contribution in [0.25, 0.3) is 11.4 Å². The molecule has 0 aliphatic carbocycles. The Morgan fingerprint density at radius 1 is 1.07 bits per heavy atom. The van der Waals surface area contributed by atoms with E-state index in [1.54, 1.807) is 6.20 Å². The molecule has 6 heteroatoms. The van der Waals surface area contributed by atoms with E-state index in [0.29, 0.717) is 13.2 Å². The third-order valence-corrected chi connectivity index (χ3v) is 5.48. The maximum absolute atomic E-state index is 5.95. The van der Waals surface area contributed by atoms with E-state index in [4.69, 9.17) is 9.72 Å². The van der Waals surface area contributed by atoms with E-state index in [2.05, 4.69) is 25.9 Å². The molecule has 0 aromatic carbocycles. The fourth-order valence-corrected chi connectivity index (χ4v) is 4.18. The SMILES string of the molecule is c1cncc(CN2CCC3(COCc4cnc(-c5cccnc5)nc43)C2)c1. The van der Waals surface area contributed by atoms with Crippen molar-refractivity contribution in [2.45, 2.75) is 25.0 Å². The Hall–Kier alpha value is -2.70. The fraction of sp³-hybridized carbons (Fsp3) is 0.333. The van der Waals surface area contributed by atoms with Crippen LogP contribution in [0.2, 0.25) is 0 Å². The van der Waals surface area contributed by atoms with Crippen molar-refractivity contribution < 1.29 is 4.74 Å². The van der Waals surface area contributed by atoms with Crippen molar-refractivity contribution in [2.24, 2.45) is 0 Å². The molecular formula is C21H21N5O. The third kappa shape index (κ3) is 3.11. The van der Waals surface area contributed by atoms with E-state index in [0.717, 1.165) is 48.7 Å². The zero-order chi connectivity index (χ0) is 18.1. The zero-order valence-electron chi connectivity index (χ0n) is 15.1. The van der Waals surface area contributed by atoms with Gasteiger partial charge >= 0.3 is 0 Å². The van der Waals surface area contributed by atoms with Gasteiger partial charge in [-0.2, -0.15) is 0 Å². The zero-order valence-corrected chi connectivity index (χ0v) is 15.1. The van der Waals surface area contributed by atoms with Crippen LogP contribution in [-0.4, -0.2) is 44.5 Å². The molecule has 3 aromatic rings. The van der Waals surface area contributed by atoms with Gasteiger partial charge in [0.15, 0.2) is 5.82 Å². The van der Waals surface area contributed by atoms with Crippen LogP contribution in [0.3, 0.4) is 0 Å². The van der Waals surface area contributed by atoms with E-state index >= 15 is 0 Å². The van der Waals surface area contributed by atoms with Gasteiger partial charge in [0.2, 0.25) is 0 Å². The largest absolute Gasteiger partial charge is 0.376 e. The number of nitrogens with zero attached hydrogens (tertiary/aromatic N) is 5. The molecule has 5 heterocycles. The van der Waals surface area contributed by atoms with Crippen LogP contribution in [0.15, 0.2) is 55.2 Å². The maximum Gasteiger partial charge on any atom is 0.160 e. The van der Waals surface area contributed by atoms with Crippen molar-refractivity contribution in [1.82, 2.24) is 24.8 Å². The molecule has 2 aliphatic heterocycles. The summed E-state index contributed by atoms with van der Waals surface area (Å²) < 4.78 is 5.95. The lowest BCUT2D eigenvalue weighted by atomic mass is 9.80. The van der Waals surface area contributed by atoms with E-state index in [9.17, 15) is 0 Å². The molecule has 1 fully saturated rings. The lowest BCUT2D eigenvalue weighted by Gasteiger charge is -2.34. The summed E-state index contributed by atoms with van der Waals surface area (Å²) in [5.74, 6) is 0.744. The van der Waals surface area contributed by atoms with E-state index in [1.807, 2.05) is 43.0 Å². The summed E-state index contributed by atoms with van der Waals surface area (Å²) in [4.78, 5) is 20.5. The molecule has 136 valence electrons. The molecule has 2 aliphatic rings. The topological polar surface area (TPSA) is 64.0 Å². The van der Waals surface area contributed by atoms with Crippen LogP contribution in [0, 0.1) is 0 Å². The Balaban J connectivity index is 1.45. The highest BCUT2D eigenvalue weighted by Crippen LogP contribution is 2.39. The Morgan fingerprint density at radius 2 is 1.96 bits per heavy atom. The van der Waals surface area contributed by atoms with Crippen LogP contribution in [0.4, 0.5) is 0 Å². The highest BCUT2D eigenvalue weighted by molar-refractivity contribution is 5.54. The van der Waals surface area contributed by atoms with Gasteiger partial charge in [-0.3, -0.25) is 14.9 Å². The second kappa shape index (κ2) is 6.79. The molecule has 3 aromatic heterocycles. The van der Waals surface area contributed by atoms with Crippen LogP contribution in [0.1, 0.15) is 23.2 Å². The number of ether oxygens (including phenoxy) is 1. The summed E-state index contributed by atoms with van der Waals surface area (Å²) in [5, 5.41) is 0. The minimum absolute atomic E-state index is 0.0598. The van der Waals surface area contributed by atoms with Crippen LogP contribution in [-0.2, 0) is 23.3 Å². The van der Waals surface area contributed by atoms with Gasteiger partial charge in [-0.15, -0.1) is 0 Å². The normalized spacial score (nSPS) is 22.1.